The Morgan fingerprint density at radius 1 is 1.25 bits per heavy atom. The Morgan fingerprint density at radius 2 is 2.00 bits per heavy atom. The second-order valence-corrected chi connectivity index (χ2v) is 3.39. The molecular weight excluding hydrogens is 214 g/mol. The van der Waals surface area contributed by atoms with Crippen LogP contribution in [0.25, 0.3) is 0 Å². The maximum atomic E-state index is 13.4. The fourth-order valence-corrected chi connectivity index (χ4v) is 1.31. The van der Waals surface area contributed by atoms with Crippen LogP contribution in [0.1, 0.15) is 12.8 Å². The summed E-state index contributed by atoms with van der Waals surface area (Å²) in [6, 6.07) is 2.12. The minimum atomic E-state index is -0.578. The van der Waals surface area contributed by atoms with Crippen molar-refractivity contribution in [2.45, 2.75) is 12.8 Å². The Kier molecular flexibility index (Phi) is 4.98. The van der Waals surface area contributed by atoms with Crippen LogP contribution in [-0.4, -0.2) is 20.2 Å². The third-order valence-corrected chi connectivity index (χ3v) is 2.19. The van der Waals surface area contributed by atoms with E-state index in [1.165, 1.54) is 7.11 Å². The fourth-order valence-electron chi connectivity index (χ4n) is 1.31. The van der Waals surface area contributed by atoms with Gasteiger partial charge in [0, 0.05) is 18.7 Å². The number of halogens is 2. The zero-order valence-corrected chi connectivity index (χ0v) is 9.22. The van der Waals surface area contributed by atoms with E-state index in [-0.39, 0.29) is 11.4 Å². The van der Waals surface area contributed by atoms with Gasteiger partial charge >= 0.3 is 0 Å². The first-order chi connectivity index (χ1) is 7.69. The molecule has 0 aliphatic carbocycles. The molecule has 0 aliphatic rings. The van der Waals surface area contributed by atoms with Gasteiger partial charge in [0.2, 0.25) is 0 Å². The molecule has 3 nitrogen and oxygen atoms in total. The lowest BCUT2D eigenvalue weighted by atomic mass is 10.2. The van der Waals surface area contributed by atoms with Crippen molar-refractivity contribution in [3.8, 4) is 5.75 Å². The second kappa shape index (κ2) is 6.27. The van der Waals surface area contributed by atoms with Gasteiger partial charge in [0.05, 0.1) is 12.8 Å². The SMILES string of the molecule is COc1cc(F)c(NCCCCN)cc1F. The highest BCUT2D eigenvalue weighted by atomic mass is 19.1. The molecule has 0 fully saturated rings. The number of hydrogen-bond acceptors (Lipinski definition) is 3. The summed E-state index contributed by atoms with van der Waals surface area (Å²) in [5, 5.41) is 2.81. The maximum absolute atomic E-state index is 13.4. The van der Waals surface area contributed by atoms with Crippen molar-refractivity contribution in [3.05, 3.63) is 23.8 Å². The van der Waals surface area contributed by atoms with Crippen molar-refractivity contribution in [2.75, 3.05) is 25.5 Å². The predicted octanol–water partition coefficient (Wildman–Crippen LogP) is 2.12. The number of nitrogens with two attached hydrogens (primary N) is 1. The van der Waals surface area contributed by atoms with Gasteiger partial charge < -0.3 is 15.8 Å². The van der Waals surface area contributed by atoms with Crippen LogP contribution in [0.15, 0.2) is 12.1 Å². The number of methoxy groups -OCH3 is 1. The van der Waals surface area contributed by atoms with E-state index in [0.29, 0.717) is 13.1 Å². The van der Waals surface area contributed by atoms with E-state index in [4.69, 9.17) is 5.73 Å². The molecule has 0 saturated carbocycles. The molecule has 90 valence electrons. The molecule has 5 heteroatoms. The number of ether oxygens (including phenoxy) is 1. The number of benzene rings is 1. The smallest absolute Gasteiger partial charge is 0.167 e. The standard InChI is InChI=1S/C11H16F2N2O/c1-16-11-7-8(12)10(6-9(11)13)15-5-3-2-4-14/h6-7,15H,2-5,14H2,1H3. The zero-order valence-electron chi connectivity index (χ0n) is 9.22. The van der Waals surface area contributed by atoms with Crippen molar-refractivity contribution in [1.29, 1.82) is 0 Å². The number of nitrogens with one attached hydrogen (secondary N) is 1. The molecule has 3 N–H and O–H groups in total. The molecule has 0 aliphatic heterocycles. The van der Waals surface area contributed by atoms with Gasteiger partial charge in [-0.3, -0.25) is 0 Å². The summed E-state index contributed by atoms with van der Waals surface area (Å²) in [5.74, 6) is -1.19. The van der Waals surface area contributed by atoms with E-state index >= 15 is 0 Å². The minimum Gasteiger partial charge on any atom is -0.494 e. The molecule has 0 radical (unpaired) electrons. The Bertz CT molecular complexity index is 345. The molecule has 1 aromatic carbocycles. The highest BCUT2D eigenvalue weighted by molar-refractivity contribution is 5.48. The van der Waals surface area contributed by atoms with E-state index in [9.17, 15) is 8.78 Å². The van der Waals surface area contributed by atoms with Crippen LogP contribution >= 0.6 is 0 Å². The summed E-state index contributed by atoms with van der Waals surface area (Å²) < 4.78 is 31.3. The average molecular weight is 230 g/mol. The Morgan fingerprint density at radius 3 is 2.62 bits per heavy atom. The highest BCUT2D eigenvalue weighted by Gasteiger charge is 2.09. The average Bonchev–Trinajstić information content (AvgIpc) is 2.28. The molecule has 0 bridgehead atoms. The number of unbranched alkanes of at least 4 members (excludes halogenated alkanes) is 1. The summed E-state index contributed by atoms with van der Waals surface area (Å²) in [4.78, 5) is 0. The van der Waals surface area contributed by atoms with Crippen molar-refractivity contribution in [3.63, 3.8) is 0 Å². The van der Waals surface area contributed by atoms with Gasteiger partial charge in [0.25, 0.3) is 0 Å². The van der Waals surface area contributed by atoms with E-state index in [2.05, 4.69) is 10.1 Å². The Hall–Kier alpha value is -1.36. The summed E-state index contributed by atoms with van der Waals surface area (Å²) in [5.41, 5.74) is 5.47. The molecule has 0 heterocycles. The molecule has 1 aromatic rings. The second-order valence-electron chi connectivity index (χ2n) is 3.39. The van der Waals surface area contributed by atoms with Gasteiger partial charge in [-0.05, 0) is 19.4 Å². The third kappa shape index (κ3) is 3.34. The molecule has 0 amide bonds. The lowest BCUT2D eigenvalue weighted by Gasteiger charge is -2.09. The molecule has 1 rings (SSSR count). The van der Waals surface area contributed by atoms with Crippen LogP contribution < -0.4 is 15.8 Å². The van der Waals surface area contributed by atoms with E-state index in [1.807, 2.05) is 0 Å². The molecule has 0 atom stereocenters. The molecule has 0 saturated heterocycles. The Labute approximate surface area is 93.6 Å². The van der Waals surface area contributed by atoms with Gasteiger partial charge in [-0.1, -0.05) is 0 Å². The topological polar surface area (TPSA) is 47.3 Å². The monoisotopic (exact) mass is 230 g/mol. The van der Waals surface area contributed by atoms with Crippen molar-refractivity contribution in [1.82, 2.24) is 0 Å². The lowest BCUT2D eigenvalue weighted by molar-refractivity contribution is 0.383. The summed E-state index contributed by atoms with van der Waals surface area (Å²) in [7, 11) is 1.30. The van der Waals surface area contributed by atoms with E-state index in [0.717, 1.165) is 25.0 Å². The largest absolute Gasteiger partial charge is 0.494 e. The molecule has 0 unspecified atom stereocenters. The van der Waals surface area contributed by atoms with Crippen LogP contribution in [0.3, 0.4) is 0 Å². The maximum Gasteiger partial charge on any atom is 0.167 e. The number of hydrogen-bond donors (Lipinski definition) is 2. The van der Waals surface area contributed by atoms with E-state index < -0.39 is 11.6 Å². The van der Waals surface area contributed by atoms with Gasteiger partial charge in [-0.15, -0.1) is 0 Å². The Balaban J connectivity index is 2.63. The van der Waals surface area contributed by atoms with Gasteiger partial charge in [-0.2, -0.15) is 0 Å². The number of rotatable bonds is 6. The molecule has 0 aromatic heterocycles. The summed E-state index contributed by atoms with van der Waals surface area (Å²) >= 11 is 0. The summed E-state index contributed by atoms with van der Waals surface area (Å²) in [6.45, 7) is 1.17. The van der Waals surface area contributed by atoms with Crippen LogP contribution in [-0.2, 0) is 0 Å². The van der Waals surface area contributed by atoms with Crippen LogP contribution in [0.4, 0.5) is 14.5 Å². The lowest BCUT2D eigenvalue weighted by Crippen LogP contribution is -2.07. The first-order valence-corrected chi connectivity index (χ1v) is 5.16. The molecule has 0 spiro atoms. The minimum absolute atomic E-state index is 0.0926. The van der Waals surface area contributed by atoms with Crippen LogP contribution in [0, 0.1) is 11.6 Å². The first kappa shape index (κ1) is 12.7. The normalized spacial score (nSPS) is 10.2. The molecule has 16 heavy (non-hydrogen) atoms. The van der Waals surface area contributed by atoms with Crippen LogP contribution in [0.2, 0.25) is 0 Å². The highest BCUT2D eigenvalue weighted by Crippen LogP contribution is 2.24. The van der Waals surface area contributed by atoms with Crippen molar-refractivity contribution < 1.29 is 13.5 Å². The van der Waals surface area contributed by atoms with Gasteiger partial charge in [-0.25, -0.2) is 8.78 Å². The summed E-state index contributed by atoms with van der Waals surface area (Å²) in [6.07, 6.45) is 1.68. The van der Waals surface area contributed by atoms with Crippen molar-refractivity contribution >= 4 is 5.69 Å². The zero-order chi connectivity index (χ0) is 12.0. The first-order valence-electron chi connectivity index (χ1n) is 5.16. The van der Waals surface area contributed by atoms with Gasteiger partial charge in [0.15, 0.2) is 11.6 Å². The van der Waals surface area contributed by atoms with Crippen molar-refractivity contribution in [2.24, 2.45) is 5.73 Å². The molecular formula is C11H16F2N2O. The third-order valence-electron chi connectivity index (χ3n) is 2.19. The van der Waals surface area contributed by atoms with Gasteiger partial charge in [0.1, 0.15) is 5.82 Å². The van der Waals surface area contributed by atoms with E-state index in [1.54, 1.807) is 0 Å². The fraction of sp³-hybridized carbons (Fsp3) is 0.455. The predicted molar refractivity (Wildman–Crippen MR) is 59.7 cm³/mol. The number of anilines is 1. The van der Waals surface area contributed by atoms with Crippen LogP contribution in [0.5, 0.6) is 5.75 Å². The quantitative estimate of drug-likeness (QED) is 0.736.